The second-order valence-electron chi connectivity index (χ2n) is 6.01. The maximum absolute atomic E-state index is 12.4. The van der Waals surface area contributed by atoms with Crippen molar-refractivity contribution in [2.45, 2.75) is 0 Å². The molecule has 0 radical (unpaired) electrons. The zero-order valence-corrected chi connectivity index (χ0v) is 14.0. The van der Waals surface area contributed by atoms with Crippen LogP contribution in [0.4, 0.5) is 0 Å². The molecule has 5 rings (SSSR count). The summed E-state index contributed by atoms with van der Waals surface area (Å²) in [6, 6.07) is 15.9. The van der Waals surface area contributed by atoms with Crippen LogP contribution in [0, 0.1) is 0 Å². The van der Waals surface area contributed by atoms with Gasteiger partial charge in [0.15, 0.2) is 11.5 Å². The van der Waals surface area contributed by atoms with Crippen LogP contribution < -0.4 is 14.2 Å². The maximum Gasteiger partial charge on any atom is 0.343 e. The van der Waals surface area contributed by atoms with Gasteiger partial charge in [-0.15, -0.1) is 0 Å². The molecule has 6 heteroatoms. The fraction of sp³-hybridized carbons (Fsp3) is 0.0476. The highest BCUT2D eigenvalue weighted by Crippen LogP contribution is 2.33. The Morgan fingerprint density at radius 2 is 1.93 bits per heavy atom. The van der Waals surface area contributed by atoms with E-state index in [0.29, 0.717) is 34.2 Å². The molecular formula is C21H13NO5. The number of hydrogen-bond donors (Lipinski definition) is 0. The number of furan rings is 1. The van der Waals surface area contributed by atoms with Gasteiger partial charge >= 0.3 is 5.97 Å². The SMILES string of the molecule is O=C(Oc1ccc2oc(-c3cccnc3)cc2c1)c1ccc2c(c1)OCO2. The van der Waals surface area contributed by atoms with E-state index in [1.54, 1.807) is 48.8 Å². The Balaban J connectivity index is 1.41. The molecule has 6 nitrogen and oxygen atoms in total. The van der Waals surface area contributed by atoms with Crippen LogP contribution in [0.1, 0.15) is 10.4 Å². The summed E-state index contributed by atoms with van der Waals surface area (Å²) >= 11 is 0. The zero-order chi connectivity index (χ0) is 18.2. The number of benzene rings is 2. The molecule has 27 heavy (non-hydrogen) atoms. The van der Waals surface area contributed by atoms with Crippen LogP contribution >= 0.6 is 0 Å². The summed E-state index contributed by atoms with van der Waals surface area (Å²) in [5.41, 5.74) is 1.98. The van der Waals surface area contributed by atoms with E-state index in [2.05, 4.69) is 4.98 Å². The molecule has 0 aliphatic carbocycles. The Labute approximate surface area is 153 Å². The first kappa shape index (κ1) is 15.5. The summed E-state index contributed by atoms with van der Waals surface area (Å²) in [6.45, 7) is 0.157. The average molecular weight is 359 g/mol. The summed E-state index contributed by atoms with van der Waals surface area (Å²) in [5.74, 6) is 1.83. The van der Waals surface area contributed by atoms with Crippen LogP contribution in [0.2, 0.25) is 0 Å². The van der Waals surface area contributed by atoms with Crippen molar-refractivity contribution in [3.63, 3.8) is 0 Å². The number of ether oxygens (including phenoxy) is 3. The molecule has 2 aromatic carbocycles. The van der Waals surface area contributed by atoms with E-state index < -0.39 is 5.97 Å². The Bertz CT molecular complexity index is 1150. The minimum absolute atomic E-state index is 0.157. The van der Waals surface area contributed by atoms with Gasteiger partial charge in [-0.3, -0.25) is 4.98 Å². The number of fused-ring (bicyclic) bond motifs is 2. The summed E-state index contributed by atoms with van der Waals surface area (Å²) in [6.07, 6.45) is 3.44. The zero-order valence-electron chi connectivity index (χ0n) is 14.0. The van der Waals surface area contributed by atoms with Crippen LogP contribution in [0.25, 0.3) is 22.3 Å². The number of carbonyl (C=O) groups is 1. The third-order valence-electron chi connectivity index (χ3n) is 4.25. The van der Waals surface area contributed by atoms with Gasteiger partial charge in [0.2, 0.25) is 6.79 Å². The minimum Gasteiger partial charge on any atom is -0.456 e. The summed E-state index contributed by atoms with van der Waals surface area (Å²) in [4.78, 5) is 16.5. The molecule has 0 spiro atoms. The van der Waals surface area contributed by atoms with Crippen LogP contribution in [0.3, 0.4) is 0 Å². The quantitative estimate of drug-likeness (QED) is 0.398. The molecule has 1 aliphatic rings. The first-order valence-corrected chi connectivity index (χ1v) is 8.32. The van der Waals surface area contributed by atoms with E-state index in [-0.39, 0.29) is 6.79 Å². The first-order valence-electron chi connectivity index (χ1n) is 8.32. The van der Waals surface area contributed by atoms with Crippen molar-refractivity contribution in [2.24, 2.45) is 0 Å². The number of hydrogen-bond acceptors (Lipinski definition) is 6. The van der Waals surface area contributed by atoms with Crippen LogP contribution in [-0.4, -0.2) is 17.7 Å². The van der Waals surface area contributed by atoms with Crippen LogP contribution in [0.15, 0.2) is 71.4 Å². The Morgan fingerprint density at radius 1 is 1.00 bits per heavy atom. The van der Waals surface area contributed by atoms with Gasteiger partial charge in [0.05, 0.1) is 5.56 Å². The molecule has 0 saturated carbocycles. The summed E-state index contributed by atoms with van der Waals surface area (Å²) in [5, 5.41) is 0.838. The van der Waals surface area contributed by atoms with Gasteiger partial charge in [-0.1, -0.05) is 0 Å². The molecule has 0 amide bonds. The lowest BCUT2D eigenvalue weighted by Crippen LogP contribution is -2.08. The predicted octanol–water partition coefficient (Wildman–Crippen LogP) is 4.44. The van der Waals surface area contributed by atoms with Crippen molar-refractivity contribution in [3.8, 4) is 28.6 Å². The van der Waals surface area contributed by atoms with Crippen LogP contribution in [0.5, 0.6) is 17.2 Å². The largest absolute Gasteiger partial charge is 0.456 e. The molecule has 0 atom stereocenters. The summed E-state index contributed by atoms with van der Waals surface area (Å²) < 4.78 is 21.9. The second-order valence-corrected chi connectivity index (χ2v) is 6.01. The third-order valence-corrected chi connectivity index (χ3v) is 4.25. The van der Waals surface area contributed by atoms with Crippen molar-refractivity contribution in [1.82, 2.24) is 4.98 Å². The van der Waals surface area contributed by atoms with E-state index in [9.17, 15) is 4.79 Å². The topological polar surface area (TPSA) is 70.8 Å². The predicted molar refractivity (Wildman–Crippen MR) is 97.0 cm³/mol. The Morgan fingerprint density at radius 3 is 2.81 bits per heavy atom. The molecule has 132 valence electrons. The Kier molecular flexibility index (Phi) is 3.53. The standard InChI is InChI=1S/C21H13NO5/c23-21(13-3-5-18-20(9-13)25-12-24-18)26-16-4-6-17-15(8-16)10-19(27-17)14-2-1-7-22-11-14/h1-11H,12H2. The number of rotatable bonds is 3. The molecule has 1 aliphatic heterocycles. The number of nitrogens with zero attached hydrogens (tertiary/aromatic N) is 1. The number of pyridine rings is 1. The van der Waals surface area contributed by atoms with Gasteiger partial charge in [-0.05, 0) is 54.6 Å². The highest BCUT2D eigenvalue weighted by molar-refractivity contribution is 5.92. The van der Waals surface area contributed by atoms with Gasteiger partial charge in [-0.25, -0.2) is 4.79 Å². The monoisotopic (exact) mass is 359 g/mol. The van der Waals surface area contributed by atoms with E-state index in [0.717, 1.165) is 10.9 Å². The minimum atomic E-state index is -0.469. The van der Waals surface area contributed by atoms with Gasteiger partial charge in [0.25, 0.3) is 0 Å². The highest BCUT2D eigenvalue weighted by atomic mass is 16.7. The maximum atomic E-state index is 12.4. The van der Waals surface area contributed by atoms with Gasteiger partial charge in [0.1, 0.15) is 17.1 Å². The molecule has 2 aromatic heterocycles. The fourth-order valence-corrected chi connectivity index (χ4v) is 2.93. The van der Waals surface area contributed by atoms with Gasteiger partial charge in [0, 0.05) is 23.3 Å². The average Bonchev–Trinajstić information content (AvgIpc) is 3.34. The van der Waals surface area contributed by atoms with Gasteiger partial charge < -0.3 is 18.6 Å². The highest BCUT2D eigenvalue weighted by Gasteiger charge is 2.18. The molecule has 4 aromatic rings. The molecule has 0 bridgehead atoms. The number of carbonyl (C=O) groups excluding carboxylic acids is 1. The smallest absolute Gasteiger partial charge is 0.343 e. The number of esters is 1. The van der Waals surface area contributed by atoms with Crippen molar-refractivity contribution < 1.29 is 23.4 Å². The lowest BCUT2D eigenvalue weighted by Gasteiger charge is -2.05. The number of aromatic nitrogens is 1. The molecule has 3 heterocycles. The molecule has 0 saturated heterocycles. The normalized spacial score (nSPS) is 12.3. The second kappa shape index (κ2) is 6.17. The van der Waals surface area contributed by atoms with E-state index in [1.165, 1.54) is 0 Å². The third kappa shape index (κ3) is 2.87. The summed E-state index contributed by atoms with van der Waals surface area (Å²) in [7, 11) is 0. The van der Waals surface area contributed by atoms with Crippen molar-refractivity contribution in [3.05, 3.63) is 72.6 Å². The molecule has 0 N–H and O–H groups in total. The first-order chi connectivity index (χ1) is 13.3. The molecule has 0 fully saturated rings. The van der Waals surface area contributed by atoms with Crippen molar-refractivity contribution in [1.29, 1.82) is 0 Å². The van der Waals surface area contributed by atoms with Crippen molar-refractivity contribution >= 4 is 16.9 Å². The Hall–Kier alpha value is -3.80. The lowest BCUT2D eigenvalue weighted by molar-refractivity contribution is 0.0734. The van der Waals surface area contributed by atoms with Crippen molar-refractivity contribution in [2.75, 3.05) is 6.79 Å². The lowest BCUT2D eigenvalue weighted by atomic mass is 10.2. The van der Waals surface area contributed by atoms with Gasteiger partial charge in [-0.2, -0.15) is 0 Å². The van der Waals surface area contributed by atoms with E-state index in [4.69, 9.17) is 18.6 Å². The van der Waals surface area contributed by atoms with Crippen LogP contribution in [-0.2, 0) is 0 Å². The molecule has 0 unspecified atom stereocenters. The van der Waals surface area contributed by atoms with E-state index >= 15 is 0 Å². The van der Waals surface area contributed by atoms with E-state index in [1.807, 2.05) is 18.2 Å². The molecular weight excluding hydrogens is 346 g/mol. The fourth-order valence-electron chi connectivity index (χ4n) is 2.93.